The van der Waals surface area contributed by atoms with E-state index in [0.29, 0.717) is 36.4 Å². The van der Waals surface area contributed by atoms with Gasteiger partial charge in [0.05, 0.1) is 20.3 Å². The van der Waals surface area contributed by atoms with Gasteiger partial charge in [-0.1, -0.05) is 12.1 Å². The van der Waals surface area contributed by atoms with Crippen LogP contribution in [0.4, 0.5) is 0 Å². The van der Waals surface area contributed by atoms with Gasteiger partial charge in [0.1, 0.15) is 0 Å². The molecule has 0 aromatic heterocycles. The van der Waals surface area contributed by atoms with Crippen molar-refractivity contribution in [3.63, 3.8) is 0 Å². The van der Waals surface area contributed by atoms with E-state index >= 15 is 0 Å². The van der Waals surface area contributed by atoms with Gasteiger partial charge in [-0.15, -0.1) is 0 Å². The third kappa shape index (κ3) is 7.17. The van der Waals surface area contributed by atoms with Crippen molar-refractivity contribution in [3.8, 4) is 23.0 Å². The first kappa shape index (κ1) is 30.2. The fourth-order valence-corrected chi connectivity index (χ4v) is 6.85. The zero-order valence-electron chi connectivity index (χ0n) is 22.3. The van der Waals surface area contributed by atoms with Gasteiger partial charge >= 0.3 is 21.0 Å². The van der Waals surface area contributed by atoms with Crippen molar-refractivity contribution in [1.29, 1.82) is 0 Å². The number of nitrogens with zero attached hydrogens (tertiary/aromatic N) is 1. The number of benzene rings is 2. The molecule has 4 aliphatic carbocycles. The second kappa shape index (κ2) is 14.1. The van der Waals surface area contributed by atoms with Crippen LogP contribution in [0.1, 0.15) is 55.2 Å². The van der Waals surface area contributed by atoms with E-state index in [1.165, 1.54) is 51.2 Å². The average molecular weight is 564 g/mol. The molecule has 207 valence electrons. The van der Waals surface area contributed by atoms with Crippen LogP contribution in [0.3, 0.4) is 0 Å². The maximum absolute atomic E-state index is 9.93. The Labute approximate surface area is 234 Å². The van der Waals surface area contributed by atoms with Crippen LogP contribution in [0, 0.1) is 24.7 Å². The van der Waals surface area contributed by atoms with Crippen LogP contribution < -0.4 is 10.1 Å². The van der Waals surface area contributed by atoms with Crippen molar-refractivity contribution < 1.29 is 46.2 Å². The van der Waals surface area contributed by atoms with Crippen LogP contribution in [0.25, 0.3) is 0 Å². The number of rotatable bonds is 8. The SMILES string of the molecule is COc1cccc(C=NCCNCCO)c1O.Cc1cc(C23CC4CC(CC(C4)C2)C3)cc(O)c1O.[O]=[V]. The summed E-state index contributed by atoms with van der Waals surface area (Å²) in [4.78, 5) is 4.16. The summed E-state index contributed by atoms with van der Waals surface area (Å²) in [6.07, 6.45) is 9.79. The van der Waals surface area contributed by atoms with Crippen molar-refractivity contribution >= 4 is 6.21 Å². The van der Waals surface area contributed by atoms with Crippen molar-refractivity contribution in [2.75, 3.05) is 33.4 Å². The van der Waals surface area contributed by atoms with E-state index in [1.54, 1.807) is 24.4 Å². The number of hydrogen-bond donors (Lipinski definition) is 5. The van der Waals surface area contributed by atoms with E-state index in [2.05, 4.69) is 16.4 Å². The number of aliphatic hydroxyl groups excluding tert-OH is 1. The molecule has 4 aliphatic rings. The molecule has 0 unspecified atom stereocenters. The number of phenols is 3. The molecule has 5 N–H and O–H groups in total. The Morgan fingerprint density at radius 2 is 1.66 bits per heavy atom. The Hall–Kier alpha value is -2.39. The minimum absolute atomic E-state index is 0.0495. The molecule has 0 saturated heterocycles. The fraction of sp³-hybridized carbons (Fsp3) is 0.552. The second-order valence-corrected chi connectivity index (χ2v) is 10.8. The molecule has 0 radical (unpaired) electrons. The Balaban J connectivity index is 0.000000200. The molecule has 0 amide bonds. The first-order chi connectivity index (χ1) is 18.3. The molecule has 0 heterocycles. The normalized spacial score (nSPS) is 24.8. The van der Waals surface area contributed by atoms with E-state index < -0.39 is 0 Å². The fourth-order valence-electron chi connectivity index (χ4n) is 6.85. The van der Waals surface area contributed by atoms with Gasteiger partial charge in [0.2, 0.25) is 0 Å². The molecular formula is C29H40N2O6V. The summed E-state index contributed by atoms with van der Waals surface area (Å²) in [5.41, 5.74) is 3.02. The summed E-state index contributed by atoms with van der Waals surface area (Å²) in [5, 5.41) is 41.0. The number of ether oxygens (including phenoxy) is 1. The van der Waals surface area contributed by atoms with Gasteiger partial charge in [-0.3, -0.25) is 4.99 Å². The van der Waals surface area contributed by atoms with Crippen LogP contribution in [0.15, 0.2) is 35.3 Å². The molecule has 2 aromatic carbocycles. The van der Waals surface area contributed by atoms with Crippen molar-refractivity contribution in [3.05, 3.63) is 47.0 Å². The zero-order chi connectivity index (χ0) is 27.7. The van der Waals surface area contributed by atoms with E-state index in [4.69, 9.17) is 13.5 Å². The van der Waals surface area contributed by atoms with Crippen LogP contribution >= 0.6 is 0 Å². The van der Waals surface area contributed by atoms with Gasteiger partial charge in [-0.2, -0.15) is 0 Å². The van der Waals surface area contributed by atoms with Crippen molar-refractivity contribution in [1.82, 2.24) is 5.32 Å². The number of aliphatic imine (C=N–C) groups is 1. The molecule has 4 fully saturated rings. The monoisotopic (exact) mass is 563 g/mol. The summed E-state index contributed by atoms with van der Waals surface area (Å²) >= 11 is 1.06. The molecule has 0 atom stereocenters. The molecule has 8 nitrogen and oxygen atoms in total. The molecule has 6 rings (SSSR count). The maximum atomic E-state index is 9.93. The molecular weight excluding hydrogens is 523 g/mol. The van der Waals surface area contributed by atoms with Gasteiger partial charge in [-0.25, -0.2) is 0 Å². The number of aliphatic hydroxyl groups is 1. The molecule has 0 spiro atoms. The van der Waals surface area contributed by atoms with Crippen molar-refractivity contribution in [2.24, 2.45) is 22.7 Å². The molecule has 4 bridgehead atoms. The quantitative estimate of drug-likeness (QED) is 0.185. The minimum atomic E-state index is 0.0495. The Morgan fingerprint density at radius 3 is 2.21 bits per heavy atom. The predicted octanol–water partition coefficient (Wildman–Crippen LogP) is 4.15. The first-order valence-corrected chi connectivity index (χ1v) is 13.8. The summed E-state index contributed by atoms with van der Waals surface area (Å²) in [5.74, 6) is 3.36. The van der Waals surface area contributed by atoms with Crippen LogP contribution in [-0.2, 0) is 26.5 Å². The number of hydrogen-bond acceptors (Lipinski definition) is 8. The van der Waals surface area contributed by atoms with E-state index in [0.717, 1.165) is 40.7 Å². The number of nitrogens with one attached hydrogen (secondary N) is 1. The number of para-hydroxylation sites is 1. The predicted molar refractivity (Wildman–Crippen MR) is 142 cm³/mol. The van der Waals surface area contributed by atoms with Crippen molar-refractivity contribution in [2.45, 2.75) is 50.9 Å². The molecule has 0 aliphatic heterocycles. The average Bonchev–Trinajstić information content (AvgIpc) is 2.90. The van der Waals surface area contributed by atoms with E-state index in [-0.39, 0.29) is 23.9 Å². The Bertz CT molecular complexity index is 1030. The third-order valence-corrected chi connectivity index (χ3v) is 8.12. The summed E-state index contributed by atoms with van der Waals surface area (Å²) in [6, 6.07) is 9.19. The number of aromatic hydroxyl groups is 3. The number of aryl methyl sites for hydroxylation is 1. The Morgan fingerprint density at radius 1 is 1.03 bits per heavy atom. The van der Waals surface area contributed by atoms with Gasteiger partial charge in [0.25, 0.3) is 0 Å². The van der Waals surface area contributed by atoms with Gasteiger partial charge in [0.15, 0.2) is 23.0 Å². The van der Waals surface area contributed by atoms with Gasteiger partial charge in [-0.05, 0) is 97.9 Å². The molecule has 2 aromatic rings. The number of phenolic OH excluding ortho intramolecular Hbond substituents is 3. The van der Waals surface area contributed by atoms with Crippen LogP contribution in [0.5, 0.6) is 23.0 Å². The van der Waals surface area contributed by atoms with Gasteiger partial charge in [0, 0.05) is 24.9 Å². The van der Waals surface area contributed by atoms with Crippen LogP contribution in [-0.4, -0.2) is 60.0 Å². The standard InChI is InChI=1S/C17H22O2.C12H18N2O3.O.V/c1-10-2-14(6-15(18)16(10)19)17-7-11-3-12(8-17)5-13(4-11)9-17;1-17-11-4-2-3-10(12(11)16)9-14-6-5-13-7-8-15;;/h2,6,11-13,18-19H,3-5,7-9H2,1H3;2-4,9,13,15-16H,5-8H2,1H3;;. The first-order valence-electron chi connectivity index (χ1n) is 13.2. The van der Waals surface area contributed by atoms with Gasteiger partial charge < -0.3 is 30.5 Å². The second-order valence-electron chi connectivity index (χ2n) is 10.8. The van der Waals surface area contributed by atoms with E-state index in [9.17, 15) is 15.3 Å². The third-order valence-electron chi connectivity index (χ3n) is 8.12. The number of methoxy groups -OCH3 is 1. The Kier molecular flexibility index (Phi) is 11.2. The van der Waals surface area contributed by atoms with Crippen LogP contribution in [0.2, 0.25) is 0 Å². The summed E-state index contributed by atoms with van der Waals surface area (Å²) < 4.78 is 13.2. The topological polar surface area (TPSA) is 132 Å². The van der Waals surface area contributed by atoms with E-state index in [1.807, 2.05) is 13.0 Å². The summed E-state index contributed by atoms with van der Waals surface area (Å²) in [6.45, 7) is 3.87. The molecule has 4 saturated carbocycles. The molecule has 38 heavy (non-hydrogen) atoms. The molecule has 9 heteroatoms. The zero-order valence-corrected chi connectivity index (χ0v) is 23.7. The summed E-state index contributed by atoms with van der Waals surface area (Å²) in [7, 11) is 1.51.